The van der Waals surface area contributed by atoms with Gasteiger partial charge in [-0.3, -0.25) is 4.79 Å². The van der Waals surface area contributed by atoms with Crippen LogP contribution in [0.1, 0.15) is 60.9 Å². The zero-order valence-corrected chi connectivity index (χ0v) is 12.7. The molecule has 0 atom stereocenters. The van der Waals surface area contributed by atoms with Crippen LogP contribution in [0.2, 0.25) is 0 Å². The van der Waals surface area contributed by atoms with Crippen molar-refractivity contribution < 1.29 is 14.7 Å². The largest absolute Gasteiger partial charge is 0.478 e. The van der Waals surface area contributed by atoms with Crippen LogP contribution in [0.4, 0.5) is 5.69 Å². The summed E-state index contributed by atoms with van der Waals surface area (Å²) in [4.78, 5) is 25.9. The summed E-state index contributed by atoms with van der Waals surface area (Å²) in [6, 6.07) is 5.31. The fraction of sp³-hybridized carbons (Fsp3) is 0.556. The first-order valence-electron chi connectivity index (χ1n) is 8.30. The molecule has 0 aromatic heterocycles. The highest BCUT2D eigenvalue weighted by atomic mass is 16.4. The van der Waals surface area contributed by atoms with E-state index in [9.17, 15) is 14.7 Å². The SMILES string of the molecule is O=C(O)c1ccc2c(c1)C1(CCCCC1)CN2C(=O)C1CC1. The molecule has 0 unspecified atom stereocenters. The van der Waals surface area contributed by atoms with Crippen molar-refractivity contribution in [1.82, 2.24) is 0 Å². The highest BCUT2D eigenvalue weighted by molar-refractivity contribution is 6.00. The average Bonchev–Trinajstić information content (AvgIpc) is 3.33. The molecule has 2 aliphatic carbocycles. The van der Waals surface area contributed by atoms with Crippen molar-refractivity contribution in [3.05, 3.63) is 29.3 Å². The van der Waals surface area contributed by atoms with Gasteiger partial charge in [0.05, 0.1) is 5.56 Å². The van der Waals surface area contributed by atoms with Crippen LogP contribution in [0.25, 0.3) is 0 Å². The summed E-state index contributed by atoms with van der Waals surface area (Å²) in [5, 5.41) is 9.30. The predicted molar refractivity (Wildman–Crippen MR) is 83.2 cm³/mol. The fourth-order valence-electron chi connectivity index (χ4n) is 4.21. The van der Waals surface area contributed by atoms with E-state index in [4.69, 9.17) is 0 Å². The van der Waals surface area contributed by atoms with E-state index >= 15 is 0 Å². The Morgan fingerprint density at radius 3 is 2.50 bits per heavy atom. The lowest BCUT2D eigenvalue weighted by Gasteiger charge is -2.34. The number of rotatable bonds is 2. The van der Waals surface area contributed by atoms with Gasteiger partial charge in [0.15, 0.2) is 0 Å². The minimum atomic E-state index is -0.888. The lowest BCUT2D eigenvalue weighted by atomic mass is 9.70. The maximum atomic E-state index is 12.6. The third kappa shape index (κ3) is 2.04. The monoisotopic (exact) mass is 299 g/mol. The Morgan fingerprint density at radius 2 is 1.86 bits per heavy atom. The molecule has 1 aromatic carbocycles. The predicted octanol–water partition coefficient (Wildman–Crippen LogP) is 3.34. The summed E-state index contributed by atoms with van der Waals surface area (Å²) in [5.74, 6) is -0.446. The first kappa shape index (κ1) is 13.8. The van der Waals surface area contributed by atoms with Gasteiger partial charge in [0.1, 0.15) is 0 Å². The molecule has 3 aliphatic rings. The minimum absolute atomic E-state index is 0.0103. The molecule has 2 fully saturated rings. The van der Waals surface area contributed by atoms with Crippen molar-refractivity contribution in [2.24, 2.45) is 5.92 Å². The summed E-state index contributed by atoms with van der Waals surface area (Å²) in [7, 11) is 0. The number of amides is 1. The normalized spacial score (nSPS) is 22.6. The van der Waals surface area contributed by atoms with Crippen LogP contribution in [-0.2, 0) is 10.2 Å². The number of carbonyl (C=O) groups is 2. The fourth-order valence-corrected chi connectivity index (χ4v) is 4.21. The second-order valence-corrected chi connectivity index (χ2v) is 7.08. The quantitative estimate of drug-likeness (QED) is 0.911. The van der Waals surface area contributed by atoms with Gasteiger partial charge in [0.25, 0.3) is 0 Å². The van der Waals surface area contributed by atoms with Crippen molar-refractivity contribution in [3.8, 4) is 0 Å². The molecule has 1 amide bonds. The van der Waals surface area contributed by atoms with Crippen LogP contribution in [0.5, 0.6) is 0 Å². The van der Waals surface area contributed by atoms with E-state index in [1.165, 1.54) is 19.3 Å². The third-order valence-corrected chi connectivity index (χ3v) is 5.57. The molecule has 4 heteroatoms. The van der Waals surface area contributed by atoms with Gasteiger partial charge in [0.2, 0.25) is 5.91 Å². The zero-order chi connectivity index (χ0) is 15.3. The molecule has 0 saturated heterocycles. The van der Waals surface area contributed by atoms with Crippen LogP contribution >= 0.6 is 0 Å². The van der Waals surface area contributed by atoms with Gasteiger partial charge in [-0.15, -0.1) is 0 Å². The number of carbonyl (C=O) groups excluding carboxylic acids is 1. The van der Waals surface area contributed by atoms with Crippen LogP contribution in [0.15, 0.2) is 18.2 Å². The molecule has 116 valence electrons. The summed E-state index contributed by atoms with van der Waals surface area (Å²) < 4.78 is 0. The Kier molecular flexibility index (Phi) is 3.03. The van der Waals surface area contributed by atoms with E-state index in [0.717, 1.165) is 43.5 Å². The Bertz CT molecular complexity index is 642. The first-order valence-corrected chi connectivity index (χ1v) is 8.30. The standard InChI is InChI=1S/C18H21NO3/c20-16(12-4-5-12)19-11-18(8-2-1-3-9-18)14-10-13(17(21)22)6-7-15(14)19/h6-7,10,12H,1-5,8-9,11H2,(H,21,22). The maximum Gasteiger partial charge on any atom is 0.335 e. The number of aromatic carboxylic acids is 1. The highest BCUT2D eigenvalue weighted by Gasteiger charge is 2.47. The van der Waals surface area contributed by atoms with E-state index in [1.54, 1.807) is 6.07 Å². The lowest BCUT2D eigenvalue weighted by molar-refractivity contribution is -0.119. The summed E-state index contributed by atoms with van der Waals surface area (Å²) in [6.07, 6.45) is 7.72. The molecule has 1 heterocycles. The highest BCUT2D eigenvalue weighted by Crippen LogP contribution is 2.50. The average molecular weight is 299 g/mol. The molecule has 2 saturated carbocycles. The number of anilines is 1. The first-order chi connectivity index (χ1) is 10.6. The second-order valence-electron chi connectivity index (χ2n) is 7.08. The van der Waals surface area contributed by atoms with Gasteiger partial charge in [-0.1, -0.05) is 19.3 Å². The van der Waals surface area contributed by atoms with Crippen LogP contribution < -0.4 is 4.90 Å². The number of hydrogen-bond acceptors (Lipinski definition) is 2. The maximum absolute atomic E-state index is 12.6. The van der Waals surface area contributed by atoms with Crippen molar-refractivity contribution in [2.75, 3.05) is 11.4 Å². The van der Waals surface area contributed by atoms with Crippen molar-refractivity contribution >= 4 is 17.6 Å². The van der Waals surface area contributed by atoms with E-state index < -0.39 is 5.97 Å². The van der Waals surface area contributed by atoms with Gasteiger partial charge in [-0.2, -0.15) is 0 Å². The molecular formula is C18H21NO3. The zero-order valence-electron chi connectivity index (χ0n) is 12.7. The molecule has 0 radical (unpaired) electrons. The molecule has 0 bridgehead atoms. The van der Waals surface area contributed by atoms with Gasteiger partial charge in [0, 0.05) is 23.6 Å². The number of benzene rings is 1. The Hall–Kier alpha value is -1.84. The van der Waals surface area contributed by atoms with Gasteiger partial charge in [-0.25, -0.2) is 4.79 Å². The van der Waals surface area contributed by atoms with Crippen LogP contribution in [0.3, 0.4) is 0 Å². The van der Waals surface area contributed by atoms with Gasteiger partial charge >= 0.3 is 5.97 Å². The van der Waals surface area contributed by atoms with Crippen LogP contribution in [0, 0.1) is 5.92 Å². The van der Waals surface area contributed by atoms with Crippen molar-refractivity contribution in [3.63, 3.8) is 0 Å². The molecule has 1 aromatic rings. The summed E-state index contributed by atoms with van der Waals surface area (Å²) >= 11 is 0. The second kappa shape index (κ2) is 4.83. The van der Waals surface area contributed by atoms with Gasteiger partial charge < -0.3 is 10.0 Å². The third-order valence-electron chi connectivity index (χ3n) is 5.57. The summed E-state index contributed by atoms with van der Waals surface area (Å²) in [5.41, 5.74) is 2.39. The van der Waals surface area contributed by atoms with E-state index in [1.807, 2.05) is 17.0 Å². The topological polar surface area (TPSA) is 57.6 Å². The van der Waals surface area contributed by atoms with E-state index in [-0.39, 0.29) is 17.2 Å². The molecule has 22 heavy (non-hydrogen) atoms. The number of carboxylic acids is 1. The molecule has 4 nitrogen and oxygen atoms in total. The minimum Gasteiger partial charge on any atom is -0.478 e. The Balaban J connectivity index is 1.79. The van der Waals surface area contributed by atoms with Gasteiger partial charge in [-0.05, 0) is 49.4 Å². The number of nitrogens with zero attached hydrogens (tertiary/aromatic N) is 1. The molecular weight excluding hydrogens is 278 g/mol. The molecule has 1 aliphatic heterocycles. The molecule has 4 rings (SSSR count). The molecule has 1 N–H and O–H groups in total. The smallest absolute Gasteiger partial charge is 0.335 e. The summed E-state index contributed by atoms with van der Waals surface area (Å²) in [6.45, 7) is 0.751. The Morgan fingerprint density at radius 1 is 1.14 bits per heavy atom. The molecule has 1 spiro atoms. The van der Waals surface area contributed by atoms with E-state index in [0.29, 0.717) is 5.56 Å². The Labute approximate surface area is 130 Å². The van der Waals surface area contributed by atoms with Crippen molar-refractivity contribution in [2.45, 2.75) is 50.4 Å². The number of carboxylic acid groups (broad SMARTS) is 1. The number of hydrogen-bond donors (Lipinski definition) is 1. The van der Waals surface area contributed by atoms with Crippen molar-refractivity contribution in [1.29, 1.82) is 0 Å². The number of fused-ring (bicyclic) bond motifs is 2. The van der Waals surface area contributed by atoms with E-state index in [2.05, 4.69) is 0 Å². The lowest BCUT2D eigenvalue weighted by Crippen LogP contribution is -2.39. The van der Waals surface area contributed by atoms with Crippen LogP contribution in [-0.4, -0.2) is 23.5 Å².